The molecule has 8 nitrogen and oxygen atoms in total. The highest BCUT2D eigenvalue weighted by atomic mass is 16.5. The Labute approximate surface area is 226 Å². The average Bonchev–Trinajstić information content (AvgIpc) is 3.43. The highest BCUT2D eigenvalue weighted by Crippen LogP contribution is 2.31. The molecule has 202 valence electrons. The number of aliphatic carboxylic acids is 2. The van der Waals surface area contributed by atoms with Gasteiger partial charge >= 0.3 is 11.9 Å². The zero-order valence-corrected chi connectivity index (χ0v) is 21.3. The van der Waals surface area contributed by atoms with Crippen LogP contribution in [0.3, 0.4) is 0 Å². The van der Waals surface area contributed by atoms with Crippen LogP contribution in [0.2, 0.25) is 0 Å². The maximum Gasteiger partial charge on any atom is 0.328 e. The lowest BCUT2D eigenvalue weighted by Gasteiger charge is -2.15. The normalized spacial score (nSPS) is 13.4. The number of rotatable bonds is 12. The minimum Gasteiger partial charge on any atom is -0.507 e. The minimum absolute atomic E-state index is 0.127. The Hall–Kier alpha value is -4.59. The molecule has 0 atom stereocenters. The van der Waals surface area contributed by atoms with Crippen LogP contribution in [-0.2, 0) is 22.6 Å². The van der Waals surface area contributed by atoms with Crippen molar-refractivity contribution in [3.8, 4) is 17.2 Å². The first-order valence-corrected chi connectivity index (χ1v) is 12.8. The Bertz CT molecular complexity index is 1370. The Morgan fingerprint density at radius 1 is 0.923 bits per heavy atom. The number of carbonyl (C=O) groups is 3. The number of carboxylic acid groups (broad SMARTS) is 2. The van der Waals surface area contributed by atoms with Crippen molar-refractivity contribution in [3.05, 3.63) is 94.6 Å². The first kappa shape index (κ1) is 27.4. The molecule has 1 aliphatic rings. The van der Waals surface area contributed by atoms with Gasteiger partial charge in [0.05, 0.1) is 11.7 Å². The molecule has 0 spiro atoms. The van der Waals surface area contributed by atoms with Crippen molar-refractivity contribution in [2.75, 3.05) is 0 Å². The van der Waals surface area contributed by atoms with Crippen LogP contribution in [0.1, 0.15) is 64.7 Å². The molecule has 1 fully saturated rings. The molecule has 39 heavy (non-hydrogen) atoms. The number of ketones is 1. The second kappa shape index (κ2) is 12.8. The lowest BCUT2D eigenvalue weighted by Crippen LogP contribution is -2.11. The molecule has 0 saturated heterocycles. The zero-order valence-electron chi connectivity index (χ0n) is 21.3. The van der Waals surface area contributed by atoms with Crippen molar-refractivity contribution in [3.63, 3.8) is 0 Å². The van der Waals surface area contributed by atoms with Gasteiger partial charge in [0.1, 0.15) is 23.9 Å². The van der Waals surface area contributed by atoms with Crippen molar-refractivity contribution in [1.82, 2.24) is 0 Å². The molecule has 0 heterocycles. The van der Waals surface area contributed by atoms with Crippen LogP contribution in [0.25, 0.3) is 6.08 Å². The average molecular weight is 531 g/mol. The van der Waals surface area contributed by atoms with E-state index in [2.05, 4.69) is 0 Å². The van der Waals surface area contributed by atoms with Crippen LogP contribution in [0.5, 0.6) is 17.2 Å². The summed E-state index contributed by atoms with van der Waals surface area (Å²) >= 11 is 0. The number of aryl methyl sites for hydroxylation is 1. The van der Waals surface area contributed by atoms with Crippen molar-refractivity contribution >= 4 is 23.8 Å². The van der Waals surface area contributed by atoms with Gasteiger partial charge in [0.25, 0.3) is 0 Å². The summed E-state index contributed by atoms with van der Waals surface area (Å²) in [6.45, 7) is 0.194. The van der Waals surface area contributed by atoms with E-state index in [0.29, 0.717) is 22.6 Å². The zero-order chi connectivity index (χ0) is 27.8. The third kappa shape index (κ3) is 7.70. The summed E-state index contributed by atoms with van der Waals surface area (Å²) < 4.78 is 11.9. The summed E-state index contributed by atoms with van der Waals surface area (Å²) in [7, 11) is 0. The SMILES string of the molecule is O=C(O)/C=C/c1ccc(COc2ccc(C(=O)c3ccc(OC4CCCC4)cc3O)cc2CCC(=O)O)cc1. The van der Waals surface area contributed by atoms with Gasteiger partial charge in [-0.2, -0.15) is 0 Å². The first-order valence-electron chi connectivity index (χ1n) is 12.8. The Balaban J connectivity index is 1.49. The quantitative estimate of drug-likeness (QED) is 0.203. The third-order valence-electron chi connectivity index (χ3n) is 6.54. The fraction of sp³-hybridized carbons (Fsp3) is 0.258. The van der Waals surface area contributed by atoms with Gasteiger partial charge < -0.3 is 24.8 Å². The van der Waals surface area contributed by atoms with Crippen LogP contribution < -0.4 is 9.47 Å². The molecule has 0 bridgehead atoms. The Morgan fingerprint density at radius 3 is 2.33 bits per heavy atom. The van der Waals surface area contributed by atoms with Crippen LogP contribution in [-0.4, -0.2) is 39.1 Å². The lowest BCUT2D eigenvalue weighted by molar-refractivity contribution is -0.137. The fourth-order valence-electron chi connectivity index (χ4n) is 4.48. The molecule has 1 aliphatic carbocycles. The number of ether oxygens (including phenoxy) is 2. The second-order valence-corrected chi connectivity index (χ2v) is 9.45. The van der Waals surface area contributed by atoms with Crippen molar-refractivity contribution < 1.29 is 39.2 Å². The predicted octanol–water partition coefficient (Wildman–Crippen LogP) is 5.64. The molecule has 8 heteroatoms. The van der Waals surface area contributed by atoms with E-state index >= 15 is 0 Å². The molecule has 3 N–H and O–H groups in total. The number of phenols is 1. The molecule has 1 saturated carbocycles. The third-order valence-corrected chi connectivity index (χ3v) is 6.54. The molecule has 4 rings (SSSR count). The largest absolute Gasteiger partial charge is 0.507 e. The first-order chi connectivity index (χ1) is 18.8. The summed E-state index contributed by atoms with van der Waals surface area (Å²) in [5, 5.41) is 28.5. The summed E-state index contributed by atoms with van der Waals surface area (Å²) in [5.74, 6) is -1.60. The monoisotopic (exact) mass is 530 g/mol. The van der Waals surface area contributed by atoms with Crippen molar-refractivity contribution in [2.45, 2.75) is 51.2 Å². The highest BCUT2D eigenvalue weighted by Gasteiger charge is 2.20. The Morgan fingerprint density at radius 2 is 1.67 bits per heavy atom. The van der Waals surface area contributed by atoms with Gasteiger partial charge in [-0.3, -0.25) is 9.59 Å². The smallest absolute Gasteiger partial charge is 0.328 e. The maximum atomic E-state index is 13.2. The van der Waals surface area contributed by atoms with E-state index in [0.717, 1.165) is 42.9 Å². The van der Waals surface area contributed by atoms with Crippen LogP contribution in [0.4, 0.5) is 0 Å². The minimum atomic E-state index is -1.03. The number of phenolic OH excluding ortho intramolecular Hbond substituents is 1. The molecule has 3 aromatic rings. The van der Waals surface area contributed by atoms with E-state index in [-0.39, 0.29) is 36.9 Å². The van der Waals surface area contributed by atoms with E-state index in [9.17, 15) is 24.6 Å². The molecule has 0 aromatic heterocycles. The van der Waals surface area contributed by atoms with E-state index in [1.54, 1.807) is 54.6 Å². The number of benzene rings is 3. The van der Waals surface area contributed by atoms with Gasteiger partial charge in [-0.1, -0.05) is 24.3 Å². The number of carbonyl (C=O) groups excluding carboxylic acids is 1. The molecular weight excluding hydrogens is 500 g/mol. The maximum absolute atomic E-state index is 13.2. The summed E-state index contributed by atoms with van der Waals surface area (Å²) in [6, 6.07) is 16.6. The molecule has 0 amide bonds. The molecule has 0 aliphatic heterocycles. The van der Waals surface area contributed by atoms with Gasteiger partial charge in [0.15, 0.2) is 5.78 Å². The van der Waals surface area contributed by atoms with Crippen molar-refractivity contribution in [1.29, 1.82) is 0 Å². The van der Waals surface area contributed by atoms with Gasteiger partial charge in [-0.25, -0.2) is 4.79 Å². The van der Waals surface area contributed by atoms with Crippen LogP contribution in [0, 0.1) is 0 Å². The number of hydrogen-bond acceptors (Lipinski definition) is 6. The fourth-order valence-corrected chi connectivity index (χ4v) is 4.48. The highest BCUT2D eigenvalue weighted by molar-refractivity contribution is 6.11. The lowest BCUT2D eigenvalue weighted by atomic mass is 9.98. The second-order valence-electron chi connectivity index (χ2n) is 9.45. The molecule has 0 radical (unpaired) electrons. The summed E-state index contributed by atoms with van der Waals surface area (Å²) in [4.78, 5) is 35.1. The van der Waals surface area contributed by atoms with E-state index in [1.165, 1.54) is 12.1 Å². The topological polar surface area (TPSA) is 130 Å². The Kier molecular flexibility index (Phi) is 8.99. The van der Waals surface area contributed by atoms with Gasteiger partial charge in [0.2, 0.25) is 0 Å². The number of carboxylic acids is 2. The predicted molar refractivity (Wildman–Crippen MR) is 144 cm³/mol. The number of aromatic hydroxyl groups is 1. The van der Waals surface area contributed by atoms with Crippen LogP contribution in [0.15, 0.2) is 66.7 Å². The molecule has 0 unspecified atom stereocenters. The number of hydrogen-bond donors (Lipinski definition) is 3. The molecular formula is C31H30O8. The molecule has 3 aromatic carbocycles. The summed E-state index contributed by atoms with van der Waals surface area (Å²) in [5.41, 5.74) is 2.55. The van der Waals surface area contributed by atoms with Gasteiger partial charge in [-0.05, 0) is 85.2 Å². The van der Waals surface area contributed by atoms with Crippen molar-refractivity contribution in [2.24, 2.45) is 0 Å². The van der Waals surface area contributed by atoms with E-state index in [4.69, 9.17) is 14.6 Å². The van der Waals surface area contributed by atoms with Crippen LogP contribution >= 0.6 is 0 Å². The standard InChI is InChI=1S/C31H30O8/c32-27-18-25(39-24-3-1-2-4-24)12-13-26(27)31(37)23-10-14-28(22(17-23)11-16-30(35)36)38-19-21-7-5-20(6-8-21)9-15-29(33)34/h5-10,12-15,17-18,24,32H,1-4,11,16,19H2,(H,33,34)(H,35,36)/b15-9+. The van der Waals surface area contributed by atoms with E-state index in [1.807, 2.05) is 0 Å². The van der Waals surface area contributed by atoms with Gasteiger partial charge in [0, 0.05) is 24.1 Å². The van der Waals surface area contributed by atoms with Gasteiger partial charge in [-0.15, -0.1) is 0 Å². The van der Waals surface area contributed by atoms with E-state index < -0.39 is 17.7 Å². The summed E-state index contributed by atoms with van der Waals surface area (Å²) in [6.07, 6.45) is 6.88.